The van der Waals surface area contributed by atoms with Crippen LogP contribution in [0.5, 0.6) is 5.75 Å². The third-order valence-corrected chi connectivity index (χ3v) is 4.86. The molecule has 9 heteroatoms. The number of hydrogen-bond donors (Lipinski definition) is 2. The first kappa shape index (κ1) is 22.5. The number of esters is 1. The van der Waals surface area contributed by atoms with Crippen LogP contribution in [0.1, 0.15) is 13.3 Å². The minimum Gasteiger partial charge on any atom is -0.497 e. The molecule has 0 aliphatic carbocycles. The van der Waals surface area contributed by atoms with Crippen LogP contribution in [0.15, 0.2) is 64.8 Å². The number of nitrogens with zero attached hydrogens (tertiary/aromatic N) is 2. The summed E-state index contributed by atoms with van der Waals surface area (Å²) in [7, 11) is 1.56. The van der Waals surface area contributed by atoms with Crippen molar-refractivity contribution >= 4 is 41.1 Å². The van der Waals surface area contributed by atoms with Crippen LogP contribution in [0.2, 0.25) is 0 Å². The van der Waals surface area contributed by atoms with Crippen molar-refractivity contribution in [2.24, 2.45) is 10.7 Å². The maximum absolute atomic E-state index is 13.4. The lowest BCUT2D eigenvalue weighted by molar-refractivity contribution is -0.138. The summed E-state index contributed by atoms with van der Waals surface area (Å²) in [6, 6.07) is 13.7. The van der Waals surface area contributed by atoms with Gasteiger partial charge in [-0.3, -0.25) is 9.59 Å². The Balaban J connectivity index is 2.02. The fourth-order valence-electron chi connectivity index (χ4n) is 3.25. The minimum absolute atomic E-state index is 0.0714. The van der Waals surface area contributed by atoms with Gasteiger partial charge in [0.05, 0.1) is 19.4 Å². The zero-order valence-corrected chi connectivity index (χ0v) is 17.8. The Morgan fingerprint density at radius 1 is 1.19 bits per heavy atom. The SMILES string of the molecule is CCOC(=O)C(N)=C1CCN(c2ccc(NC=O)cc2)C(=O)C1=Nc1ccc(OC)cc1. The Labute approximate surface area is 185 Å². The van der Waals surface area contributed by atoms with Crippen LogP contribution in [0.25, 0.3) is 0 Å². The Morgan fingerprint density at radius 2 is 1.88 bits per heavy atom. The number of aliphatic imine (C=N–C) groups is 1. The summed E-state index contributed by atoms with van der Waals surface area (Å²) in [6.07, 6.45) is 0.898. The van der Waals surface area contributed by atoms with Gasteiger partial charge in [0, 0.05) is 23.5 Å². The van der Waals surface area contributed by atoms with Gasteiger partial charge in [0.1, 0.15) is 17.2 Å². The molecule has 9 nitrogen and oxygen atoms in total. The van der Waals surface area contributed by atoms with Crippen molar-refractivity contribution in [3.63, 3.8) is 0 Å². The van der Waals surface area contributed by atoms with E-state index in [9.17, 15) is 14.4 Å². The first-order valence-electron chi connectivity index (χ1n) is 9.99. The molecule has 3 rings (SSSR count). The molecular formula is C23H24N4O5. The number of nitrogens with two attached hydrogens (primary N) is 1. The molecule has 1 fully saturated rings. The Hall–Kier alpha value is -4.14. The van der Waals surface area contributed by atoms with Crippen LogP contribution in [-0.4, -0.2) is 44.3 Å². The van der Waals surface area contributed by atoms with Gasteiger partial charge < -0.3 is 25.4 Å². The minimum atomic E-state index is -0.685. The van der Waals surface area contributed by atoms with E-state index in [1.54, 1.807) is 67.5 Å². The lowest BCUT2D eigenvalue weighted by atomic mass is 9.97. The van der Waals surface area contributed by atoms with Crippen LogP contribution >= 0.6 is 0 Å². The number of ether oxygens (including phenoxy) is 2. The van der Waals surface area contributed by atoms with Crippen molar-refractivity contribution in [2.75, 3.05) is 30.5 Å². The lowest BCUT2D eigenvalue weighted by Crippen LogP contribution is -2.44. The molecule has 0 radical (unpaired) electrons. The van der Waals surface area contributed by atoms with Crippen LogP contribution < -0.4 is 20.7 Å². The maximum atomic E-state index is 13.4. The van der Waals surface area contributed by atoms with Crippen molar-refractivity contribution in [3.8, 4) is 5.75 Å². The van der Waals surface area contributed by atoms with Gasteiger partial charge in [-0.2, -0.15) is 0 Å². The zero-order chi connectivity index (χ0) is 23.1. The number of rotatable bonds is 7. The van der Waals surface area contributed by atoms with Crippen molar-refractivity contribution < 1.29 is 23.9 Å². The zero-order valence-electron chi connectivity index (χ0n) is 17.8. The summed E-state index contributed by atoms with van der Waals surface area (Å²) in [6.45, 7) is 2.15. The highest BCUT2D eigenvalue weighted by atomic mass is 16.5. The second-order valence-corrected chi connectivity index (χ2v) is 6.79. The van der Waals surface area contributed by atoms with Gasteiger partial charge in [-0.1, -0.05) is 0 Å². The van der Waals surface area contributed by atoms with Crippen molar-refractivity contribution in [2.45, 2.75) is 13.3 Å². The highest BCUT2D eigenvalue weighted by Crippen LogP contribution is 2.28. The molecule has 0 bridgehead atoms. The number of nitrogens with one attached hydrogen (secondary N) is 1. The molecule has 0 unspecified atom stereocenters. The van der Waals surface area contributed by atoms with E-state index in [0.717, 1.165) is 0 Å². The molecule has 1 aliphatic rings. The summed E-state index contributed by atoms with van der Waals surface area (Å²) >= 11 is 0. The van der Waals surface area contributed by atoms with Gasteiger partial charge in [0.15, 0.2) is 0 Å². The van der Waals surface area contributed by atoms with Crippen LogP contribution in [-0.2, 0) is 19.1 Å². The number of carbonyl (C=O) groups excluding carboxylic acids is 3. The van der Waals surface area contributed by atoms with Crippen LogP contribution in [0.4, 0.5) is 17.1 Å². The second kappa shape index (κ2) is 10.3. The van der Waals surface area contributed by atoms with Gasteiger partial charge in [-0.25, -0.2) is 9.79 Å². The van der Waals surface area contributed by atoms with Crippen LogP contribution in [0.3, 0.4) is 0 Å². The van der Waals surface area contributed by atoms with Crippen LogP contribution in [0, 0.1) is 0 Å². The first-order chi connectivity index (χ1) is 15.5. The highest BCUT2D eigenvalue weighted by Gasteiger charge is 2.33. The molecule has 0 spiro atoms. The van der Waals surface area contributed by atoms with E-state index in [1.807, 2.05) is 0 Å². The largest absolute Gasteiger partial charge is 0.497 e. The normalized spacial score (nSPS) is 16.5. The summed E-state index contributed by atoms with van der Waals surface area (Å²) < 4.78 is 10.2. The fourth-order valence-corrected chi connectivity index (χ4v) is 3.25. The Morgan fingerprint density at radius 3 is 2.47 bits per heavy atom. The smallest absolute Gasteiger partial charge is 0.354 e. The number of amides is 2. The lowest BCUT2D eigenvalue weighted by Gasteiger charge is -2.30. The van der Waals surface area contributed by atoms with E-state index in [4.69, 9.17) is 15.2 Å². The third kappa shape index (κ3) is 4.94. The molecule has 1 aliphatic heterocycles. The maximum Gasteiger partial charge on any atom is 0.354 e. The van der Waals surface area contributed by atoms with E-state index < -0.39 is 11.9 Å². The van der Waals surface area contributed by atoms with Gasteiger partial charge in [0.2, 0.25) is 6.41 Å². The van der Waals surface area contributed by atoms with E-state index in [1.165, 1.54) is 0 Å². The quantitative estimate of drug-likeness (QED) is 0.391. The Kier molecular flexibility index (Phi) is 7.22. The molecule has 1 saturated heterocycles. The first-order valence-corrected chi connectivity index (χ1v) is 9.99. The Bertz CT molecular complexity index is 1060. The third-order valence-electron chi connectivity index (χ3n) is 4.86. The van der Waals surface area contributed by atoms with Crippen molar-refractivity contribution in [1.29, 1.82) is 0 Å². The van der Waals surface area contributed by atoms with E-state index in [-0.39, 0.29) is 18.0 Å². The molecule has 32 heavy (non-hydrogen) atoms. The average Bonchev–Trinajstić information content (AvgIpc) is 2.81. The molecule has 0 atom stereocenters. The predicted octanol–water partition coefficient (Wildman–Crippen LogP) is 2.55. The second-order valence-electron chi connectivity index (χ2n) is 6.79. The van der Waals surface area contributed by atoms with Crippen molar-refractivity contribution in [1.82, 2.24) is 0 Å². The molecule has 3 N–H and O–H groups in total. The van der Waals surface area contributed by atoms with E-state index >= 15 is 0 Å². The number of benzene rings is 2. The summed E-state index contributed by atoms with van der Waals surface area (Å²) in [5.41, 5.74) is 8.09. The molecule has 166 valence electrons. The molecule has 2 aromatic rings. The average molecular weight is 436 g/mol. The predicted molar refractivity (Wildman–Crippen MR) is 121 cm³/mol. The number of anilines is 2. The molecule has 2 amide bonds. The molecular weight excluding hydrogens is 412 g/mol. The van der Waals surface area contributed by atoms with Gasteiger partial charge in [-0.15, -0.1) is 0 Å². The molecule has 1 heterocycles. The number of methoxy groups -OCH3 is 1. The van der Waals surface area contributed by atoms with Gasteiger partial charge in [0.25, 0.3) is 5.91 Å². The summed E-state index contributed by atoms with van der Waals surface area (Å²) in [4.78, 5) is 42.3. The van der Waals surface area contributed by atoms with Gasteiger partial charge in [-0.05, 0) is 61.9 Å². The topological polar surface area (TPSA) is 123 Å². The number of piperidine rings is 1. The molecule has 2 aromatic carbocycles. The van der Waals surface area contributed by atoms with E-state index in [0.29, 0.717) is 47.8 Å². The highest BCUT2D eigenvalue weighted by molar-refractivity contribution is 6.51. The van der Waals surface area contributed by atoms with Crippen molar-refractivity contribution in [3.05, 3.63) is 59.8 Å². The van der Waals surface area contributed by atoms with Gasteiger partial charge >= 0.3 is 5.97 Å². The summed E-state index contributed by atoms with van der Waals surface area (Å²) in [5.74, 6) is -0.433. The summed E-state index contributed by atoms with van der Waals surface area (Å²) in [5, 5.41) is 2.55. The molecule has 0 aromatic heterocycles. The number of hydrogen-bond acceptors (Lipinski definition) is 7. The monoisotopic (exact) mass is 436 g/mol. The standard InChI is InChI=1S/C23H24N4O5/c1-3-32-23(30)20(24)19-12-13-27(17-8-4-15(5-9-17)25-14-28)22(29)21(19)26-16-6-10-18(31-2)11-7-16/h4-11,14H,3,12-13,24H2,1-2H3,(H,25,28). The molecule has 0 saturated carbocycles. The number of carbonyl (C=O) groups is 3. The fraction of sp³-hybridized carbons (Fsp3) is 0.217. The van der Waals surface area contributed by atoms with E-state index in [2.05, 4.69) is 10.3 Å².